The number of aromatic nitrogens is 6. The molecule has 3 aromatic rings. The fraction of sp³-hybridized carbons (Fsp3) is 0.688. The second kappa shape index (κ2) is 13.7. The first kappa shape index (κ1) is 34.2. The van der Waals surface area contributed by atoms with Crippen LogP contribution in [-0.4, -0.2) is 73.0 Å². The SMILES string of the molecule is CCn1nccc1C(=O)N[C@H](c1cn2nc(C[C@H]3C[C@@H](C(F)(F)F)CNC3=O)c(C(C)C3CCOCC3)nc2n1)C1CCC(F)(F)CC1. The van der Waals surface area contributed by atoms with Crippen LogP contribution in [0.3, 0.4) is 0 Å². The number of amides is 2. The molecule has 48 heavy (non-hydrogen) atoms. The normalized spacial score (nSPS) is 23.9. The first-order valence-corrected chi connectivity index (χ1v) is 16.7. The highest BCUT2D eigenvalue weighted by atomic mass is 19.4. The minimum absolute atomic E-state index is 0.0450. The number of carbonyl (C=O) groups excluding carboxylic acids is 2. The first-order chi connectivity index (χ1) is 22.8. The van der Waals surface area contributed by atoms with E-state index in [9.17, 15) is 31.5 Å². The van der Waals surface area contributed by atoms with Gasteiger partial charge in [-0.1, -0.05) is 6.92 Å². The van der Waals surface area contributed by atoms with Crippen LogP contribution < -0.4 is 10.6 Å². The summed E-state index contributed by atoms with van der Waals surface area (Å²) in [7, 11) is 0. The van der Waals surface area contributed by atoms with Gasteiger partial charge in [-0.25, -0.2) is 23.3 Å². The molecule has 0 aromatic carbocycles. The molecule has 3 fully saturated rings. The fourth-order valence-electron chi connectivity index (χ4n) is 7.36. The van der Waals surface area contributed by atoms with Crippen LogP contribution in [0, 0.1) is 23.7 Å². The van der Waals surface area contributed by atoms with Crippen molar-refractivity contribution in [3.05, 3.63) is 41.2 Å². The molecule has 1 aliphatic carbocycles. The van der Waals surface area contributed by atoms with Gasteiger partial charge < -0.3 is 15.4 Å². The molecule has 5 heterocycles. The van der Waals surface area contributed by atoms with E-state index in [0.717, 1.165) is 12.8 Å². The summed E-state index contributed by atoms with van der Waals surface area (Å²) in [6, 6.07) is 0.840. The maximum Gasteiger partial charge on any atom is 0.393 e. The Labute approximate surface area is 274 Å². The van der Waals surface area contributed by atoms with E-state index < -0.39 is 48.3 Å². The Morgan fingerprint density at radius 1 is 1.15 bits per heavy atom. The summed E-state index contributed by atoms with van der Waals surface area (Å²) in [5, 5.41) is 14.4. The van der Waals surface area contributed by atoms with Crippen LogP contribution >= 0.6 is 0 Å². The van der Waals surface area contributed by atoms with E-state index in [1.54, 1.807) is 12.3 Å². The maximum absolute atomic E-state index is 14.2. The highest BCUT2D eigenvalue weighted by molar-refractivity contribution is 5.92. The molecule has 2 saturated heterocycles. The number of ether oxygens (including phenoxy) is 1. The molecule has 4 atom stereocenters. The van der Waals surface area contributed by atoms with Crippen LogP contribution in [0.25, 0.3) is 5.78 Å². The lowest BCUT2D eigenvalue weighted by atomic mass is 9.81. The number of alkyl halides is 5. The Kier molecular flexibility index (Phi) is 9.73. The molecule has 262 valence electrons. The number of nitrogens with zero attached hydrogens (tertiary/aromatic N) is 6. The smallest absolute Gasteiger partial charge is 0.381 e. The van der Waals surface area contributed by atoms with Crippen molar-refractivity contribution in [1.82, 2.24) is 40.0 Å². The Morgan fingerprint density at radius 2 is 1.88 bits per heavy atom. The van der Waals surface area contributed by atoms with E-state index in [2.05, 4.69) is 15.7 Å². The number of hydrogen-bond donors (Lipinski definition) is 2. The van der Waals surface area contributed by atoms with Crippen LogP contribution in [0.2, 0.25) is 0 Å². The summed E-state index contributed by atoms with van der Waals surface area (Å²) in [6.45, 7) is 4.98. The van der Waals surface area contributed by atoms with Crippen molar-refractivity contribution in [3.63, 3.8) is 0 Å². The molecule has 1 saturated carbocycles. The van der Waals surface area contributed by atoms with Gasteiger partial charge in [0.15, 0.2) is 0 Å². The maximum atomic E-state index is 14.2. The zero-order valence-corrected chi connectivity index (χ0v) is 27.0. The van der Waals surface area contributed by atoms with E-state index in [0.29, 0.717) is 42.5 Å². The number of hydrogen-bond acceptors (Lipinski definition) is 7. The predicted molar refractivity (Wildman–Crippen MR) is 162 cm³/mol. The average Bonchev–Trinajstić information content (AvgIpc) is 3.71. The van der Waals surface area contributed by atoms with E-state index in [-0.39, 0.29) is 62.1 Å². The van der Waals surface area contributed by atoms with E-state index in [1.807, 2.05) is 13.8 Å². The molecule has 16 heteroatoms. The Morgan fingerprint density at radius 3 is 2.56 bits per heavy atom. The minimum atomic E-state index is -4.45. The molecular formula is C32H41F5N8O3. The number of aryl methyl sites for hydroxylation is 1. The molecule has 1 unspecified atom stereocenters. The lowest BCUT2D eigenvalue weighted by Crippen LogP contribution is -2.47. The Bertz CT molecular complexity index is 1610. The van der Waals surface area contributed by atoms with E-state index in [1.165, 1.54) is 15.4 Å². The summed E-state index contributed by atoms with van der Waals surface area (Å²) >= 11 is 0. The molecule has 11 nitrogen and oxygen atoms in total. The number of nitrogens with one attached hydrogen (secondary N) is 2. The standard InChI is InChI=1S/C32H41F5N8O3/c1-3-44-25(6-11-39-44)29(47)41-27(20-4-9-31(33,34)10-5-20)24-17-45-30(40-24)42-26(18(2)19-7-12-48-13-8-19)23(43-45)15-21-14-22(32(35,36)37)16-38-28(21)46/h6,11,17-22,27H,3-5,7-10,12-16H2,1-2H3,(H,38,46)(H,41,47)/t18?,21-,22-,27+/m1/s1. The Balaban J connectivity index is 1.37. The highest BCUT2D eigenvalue weighted by Gasteiger charge is 2.45. The summed E-state index contributed by atoms with van der Waals surface area (Å²) in [5.74, 6) is -6.41. The van der Waals surface area contributed by atoms with Crippen LogP contribution in [-0.2, 0) is 22.5 Å². The van der Waals surface area contributed by atoms with Crippen LogP contribution in [0.15, 0.2) is 18.5 Å². The zero-order valence-electron chi connectivity index (χ0n) is 27.0. The fourth-order valence-corrected chi connectivity index (χ4v) is 7.36. The van der Waals surface area contributed by atoms with E-state index >= 15 is 0 Å². The molecule has 2 N–H and O–H groups in total. The third kappa shape index (κ3) is 7.32. The van der Waals surface area contributed by atoms with Gasteiger partial charge in [0.05, 0.1) is 35.2 Å². The van der Waals surface area contributed by atoms with Crippen LogP contribution in [0.4, 0.5) is 22.0 Å². The minimum Gasteiger partial charge on any atom is -0.381 e. The quantitative estimate of drug-likeness (QED) is 0.304. The zero-order chi connectivity index (χ0) is 34.2. The number of piperidine rings is 1. The van der Waals surface area contributed by atoms with Crippen molar-refractivity contribution in [2.24, 2.45) is 23.7 Å². The average molecular weight is 681 g/mol. The number of carbonyl (C=O) groups is 2. The Hall–Kier alpha value is -3.69. The molecule has 3 aromatic heterocycles. The topological polar surface area (TPSA) is 128 Å². The largest absolute Gasteiger partial charge is 0.393 e. The molecule has 6 rings (SSSR count). The van der Waals surface area contributed by atoms with Gasteiger partial charge in [0.1, 0.15) is 5.69 Å². The van der Waals surface area contributed by atoms with Gasteiger partial charge in [-0.3, -0.25) is 14.3 Å². The molecular weight excluding hydrogens is 639 g/mol. The van der Waals surface area contributed by atoms with Crippen molar-refractivity contribution >= 4 is 17.6 Å². The highest BCUT2D eigenvalue weighted by Crippen LogP contribution is 2.42. The summed E-state index contributed by atoms with van der Waals surface area (Å²) in [6.07, 6.45) is -0.536. The van der Waals surface area contributed by atoms with Crippen molar-refractivity contribution in [1.29, 1.82) is 0 Å². The van der Waals surface area contributed by atoms with Gasteiger partial charge in [-0.05, 0) is 56.9 Å². The van der Waals surface area contributed by atoms with Gasteiger partial charge in [0, 0.05) is 63.6 Å². The monoisotopic (exact) mass is 680 g/mol. The van der Waals surface area contributed by atoms with Crippen LogP contribution in [0.5, 0.6) is 0 Å². The first-order valence-electron chi connectivity index (χ1n) is 16.7. The lowest BCUT2D eigenvalue weighted by Gasteiger charge is -2.33. The summed E-state index contributed by atoms with van der Waals surface area (Å²) in [5.41, 5.74) is 1.66. The van der Waals surface area contributed by atoms with Gasteiger partial charge in [0.2, 0.25) is 11.8 Å². The third-order valence-electron chi connectivity index (χ3n) is 10.3. The number of fused-ring (bicyclic) bond motifs is 1. The molecule has 2 aliphatic heterocycles. The summed E-state index contributed by atoms with van der Waals surface area (Å²) < 4.78 is 77.8. The summed E-state index contributed by atoms with van der Waals surface area (Å²) in [4.78, 5) is 35.9. The molecule has 0 bridgehead atoms. The molecule has 3 aliphatic rings. The second-order valence-corrected chi connectivity index (χ2v) is 13.4. The number of imidazole rings is 1. The molecule has 0 radical (unpaired) electrons. The third-order valence-corrected chi connectivity index (χ3v) is 10.3. The molecule has 0 spiro atoms. The van der Waals surface area contributed by atoms with Gasteiger partial charge in [-0.15, -0.1) is 0 Å². The van der Waals surface area contributed by atoms with Gasteiger partial charge in [0.25, 0.3) is 11.7 Å². The van der Waals surface area contributed by atoms with Gasteiger partial charge in [-0.2, -0.15) is 23.4 Å². The van der Waals surface area contributed by atoms with Crippen molar-refractivity contribution < 1.29 is 36.3 Å². The van der Waals surface area contributed by atoms with Crippen LogP contribution in [0.1, 0.15) is 98.3 Å². The molecule has 2 amide bonds. The van der Waals surface area contributed by atoms with Crippen molar-refractivity contribution in [2.75, 3.05) is 19.8 Å². The van der Waals surface area contributed by atoms with E-state index in [4.69, 9.17) is 19.8 Å². The second-order valence-electron chi connectivity index (χ2n) is 13.4. The van der Waals surface area contributed by atoms with Gasteiger partial charge >= 0.3 is 6.18 Å². The van der Waals surface area contributed by atoms with Crippen molar-refractivity contribution in [2.45, 2.75) is 95.8 Å². The predicted octanol–water partition coefficient (Wildman–Crippen LogP) is 5.02. The van der Waals surface area contributed by atoms with Crippen molar-refractivity contribution in [3.8, 4) is 0 Å². The number of rotatable bonds is 9. The number of halogens is 5. The lowest BCUT2D eigenvalue weighted by molar-refractivity contribution is -0.183.